The Hall–Kier alpha value is -1.29. The molecule has 1 atom stereocenters. The number of aryl methyl sites for hydroxylation is 1. The van der Waals surface area contributed by atoms with Gasteiger partial charge in [0.1, 0.15) is 11.8 Å². The standard InChI is InChI=1S/C12H17NO3/c1-8-10(5-6-16-8)7-13(2)11(12(14)15)9-3-4-9/h5-6,9,11H,3-4,7H2,1-2H3,(H,14,15). The fourth-order valence-corrected chi connectivity index (χ4v) is 2.10. The van der Waals surface area contributed by atoms with E-state index in [2.05, 4.69) is 0 Å². The highest BCUT2D eigenvalue weighted by Crippen LogP contribution is 2.35. The molecular formula is C12H17NO3. The van der Waals surface area contributed by atoms with E-state index in [0.29, 0.717) is 12.5 Å². The van der Waals surface area contributed by atoms with Crippen molar-refractivity contribution in [3.05, 3.63) is 23.7 Å². The van der Waals surface area contributed by atoms with E-state index >= 15 is 0 Å². The van der Waals surface area contributed by atoms with E-state index in [1.54, 1.807) is 6.26 Å². The van der Waals surface area contributed by atoms with Gasteiger partial charge in [0.2, 0.25) is 0 Å². The van der Waals surface area contributed by atoms with E-state index < -0.39 is 5.97 Å². The van der Waals surface area contributed by atoms with Gasteiger partial charge >= 0.3 is 5.97 Å². The lowest BCUT2D eigenvalue weighted by atomic mass is 10.1. The van der Waals surface area contributed by atoms with Gasteiger partial charge in [-0.15, -0.1) is 0 Å². The Morgan fingerprint density at radius 2 is 2.38 bits per heavy atom. The maximum absolute atomic E-state index is 11.2. The summed E-state index contributed by atoms with van der Waals surface area (Å²) >= 11 is 0. The van der Waals surface area contributed by atoms with Crippen molar-refractivity contribution in [1.82, 2.24) is 4.90 Å². The van der Waals surface area contributed by atoms with Gasteiger partial charge in [-0.1, -0.05) is 0 Å². The Morgan fingerprint density at radius 1 is 1.69 bits per heavy atom. The molecule has 1 heterocycles. The van der Waals surface area contributed by atoms with Gasteiger partial charge in [-0.05, 0) is 38.8 Å². The van der Waals surface area contributed by atoms with Crippen molar-refractivity contribution in [3.63, 3.8) is 0 Å². The van der Waals surface area contributed by atoms with Crippen LogP contribution in [-0.2, 0) is 11.3 Å². The molecule has 4 nitrogen and oxygen atoms in total. The molecule has 0 saturated heterocycles. The second-order valence-corrected chi connectivity index (χ2v) is 4.54. The molecule has 0 aliphatic heterocycles. The van der Waals surface area contributed by atoms with Crippen LogP contribution in [0.4, 0.5) is 0 Å². The number of hydrogen-bond donors (Lipinski definition) is 1. The molecule has 0 bridgehead atoms. The minimum Gasteiger partial charge on any atom is -0.480 e. The van der Waals surface area contributed by atoms with Gasteiger partial charge in [0.25, 0.3) is 0 Å². The van der Waals surface area contributed by atoms with Gasteiger partial charge in [-0.25, -0.2) is 0 Å². The number of likely N-dealkylation sites (N-methyl/N-ethyl adjacent to an activating group) is 1. The number of nitrogens with zero attached hydrogens (tertiary/aromatic N) is 1. The van der Waals surface area contributed by atoms with Gasteiger partial charge in [-0.3, -0.25) is 9.69 Å². The Balaban J connectivity index is 2.03. The lowest BCUT2D eigenvalue weighted by Gasteiger charge is -2.24. The smallest absolute Gasteiger partial charge is 0.321 e. The zero-order chi connectivity index (χ0) is 11.7. The topological polar surface area (TPSA) is 53.7 Å². The Bertz CT molecular complexity index is 381. The predicted molar refractivity (Wildman–Crippen MR) is 59.1 cm³/mol. The molecule has 1 aliphatic carbocycles. The van der Waals surface area contributed by atoms with Gasteiger partial charge in [0.05, 0.1) is 6.26 Å². The van der Waals surface area contributed by atoms with E-state index in [4.69, 9.17) is 4.42 Å². The minimum atomic E-state index is -0.717. The zero-order valence-electron chi connectivity index (χ0n) is 9.64. The molecule has 0 spiro atoms. The summed E-state index contributed by atoms with van der Waals surface area (Å²) in [6.45, 7) is 2.53. The van der Waals surface area contributed by atoms with Crippen LogP contribution in [0.3, 0.4) is 0 Å². The van der Waals surface area contributed by atoms with Crippen molar-refractivity contribution in [2.24, 2.45) is 5.92 Å². The number of aliphatic carboxylic acids is 1. The first-order valence-corrected chi connectivity index (χ1v) is 5.55. The zero-order valence-corrected chi connectivity index (χ0v) is 9.64. The van der Waals surface area contributed by atoms with Gasteiger partial charge in [0, 0.05) is 12.1 Å². The molecule has 1 saturated carbocycles. The Kier molecular flexibility index (Phi) is 3.01. The molecule has 88 valence electrons. The fraction of sp³-hybridized carbons (Fsp3) is 0.583. The quantitative estimate of drug-likeness (QED) is 0.828. The van der Waals surface area contributed by atoms with Crippen LogP contribution in [0.2, 0.25) is 0 Å². The van der Waals surface area contributed by atoms with Crippen molar-refractivity contribution in [1.29, 1.82) is 0 Å². The monoisotopic (exact) mass is 223 g/mol. The lowest BCUT2D eigenvalue weighted by Crippen LogP contribution is -2.39. The van der Waals surface area contributed by atoms with E-state index in [1.165, 1.54) is 0 Å². The van der Waals surface area contributed by atoms with Crippen LogP contribution >= 0.6 is 0 Å². The number of carboxylic acid groups (broad SMARTS) is 1. The summed E-state index contributed by atoms with van der Waals surface area (Å²) in [6.07, 6.45) is 3.71. The van der Waals surface area contributed by atoms with E-state index in [0.717, 1.165) is 24.2 Å². The molecule has 4 heteroatoms. The number of carbonyl (C=O) groups is 1. The molecule has 0 aromatic carbocycles. The number of rotatable bonds is 5. The van der Waals surface area contributed by atoms with Crippen LogP contribution in [0, 0.1) is 12.8 Å². The summed E-state index contributed by atoms with van der Waals surface area (Å²) in [7, 11) is 1.86. The molecule has 1 N–H and O–H groups in total. The number of hydrogen-bond acceptors (Lipinski definition) is 3. The minimum absolute atomic E-state index is 0.328. The number of furan rings is 1. The normalized spacial score (nSPS) is 17.7. The average molecular weight is 223 g/mol. The Labute approximate surface area is 94.9 Å². The summed E-state index contributed by atoms with van der Waals surface area (Å²) < 4.78 is 5.21. The highest BCUT2D eigenvalue weighted by atomic mass is 16.4. The average Bonchev–Trinajstić information content (AvgIpc) is 2.93. The molecule has 1 unspecified atom stereocenters. The summed E-state index contributed by atoms with van der Waals surface area (Å²) in [6, 6.07) is 1.55. The molecule has 1 aliphatic rings. The van der Waals surface area contributed by atoms with Gasteiger partial charge in [0.15, 0.2) is 0 Å². The molecule has 1 aromatic heterocycles. The molecule has 0 amide bonds. The molecular weight excluding hydrogens is 206 g/mol. The third-order valence-corrected chi connectivity index (χ3v) is 3.18. The first kappa shape index (κ1) is 11.2. The summed E-state index contributed by atoms with van der Waals surface area (Å²) in [5, 5.41) is 9.19. The molecule has 16 heavy (non-hydrogen) atoms. The first-order chi connectivity index (χ1) is 7.59. The molecule has 1 fully saturated rings. The van der Waals surface area contributed by atoms with Crippen molar-refractivity contribution >= 4 is 5.97 Å². The van der Waals surface area contributed by atoms with Crippen LogP contribution in [-0.4, -0.2) is 29.1 Å². The van der Waals surface area contributed by atoms with Crippen molar-refractivity contribution in [2.45, 2.75) is 32.4 Å². The summed E-state index contributed by atoms with van der Waals surface area (Å²) in [5.74, 6) is 0.479. The first-order valence-electron chi connectivity index (χ1n) is 5.55. The van der Waals surface area contributed by atoms with Crippen LogP contribution < -0.4 is 0 Å². The van der Waals surface area contributed by atoms with Crippen molar-refractivity contribution in [2.75, 3.05) is 7.05 Å². The SMILES string of the molecule is Cc1occc1CN(C)C(C(=O)O)C1CC1. The highest BCUT2D eigenvalue weighted by molar-refractivity contribution is 5.74. The second-order valence-electron chi connectivity index (χ2n) is 4.54. The van der Waals surface area contributed by atoms with Gasteiger partial charge < -0.3 is 9.52 Å². The fourth-order valence-electron chi connectivity index (χ4n) is 2.10. The van der Waals surface area contributed by atoms with Crippen molar-refractivity contribution < 1.29 is 14.3 Å². The van der Waals surface area contributed by atoms with Crippen LogP contribution in [0.1, 0.15) is 24.2 Å². The molecule has 1 aromatic rings. The Morgan fingerprint density at radius 3 is 2.81 bits per heavy atom. The third kappa shape index (κ3) is 2.27. The lowest BCUT2D eigenvalue weighted by molar-refractivity contribution is -0.143. The maximum atomic E-state index is 11.2. The van der Waals surface area contributed by atoms with Crippen LogP contribution in [0.5, 0.6) is 0 Å². The third-order valence-electron chi connectivity index (χ3n) is 3.18. The van der Waals surface area contributed by atoms with Crippen molar-refractivity contribution in [3.8, 4) is 0 Å². The summed E-state index contributed by atoms with van der Waals surface area (Å²) in [4.78, 5) is 13.1. The highest BCUT2D eigenvalue weighted by Gasteiger charge is 2.38. The second kappa shape index (κ2) is 4.29. The van der Waals surface area contributed by atoms with E-state index in [-0.39, 0.29) is 6.04 Å². The molecule has 2 rings (SSSR count). The van der Waals surface area contributed by atoms with Gasteiger partial charge in [-0.2, -0.15) is 0 Å². The molecule has 0 radical (unpaired) electrons. The number of carboxylic acids is 1. The maximum Gasteiger partial charge on any atom is 0.321 e. The van der Waals surface area contributed by atoms with E-state index in [1.807, 2.05) is 24.9 Å². The summed E-state index contributed by atoms with van der Waals surface area (Å²) in [5.41, 5.74) is 1.06. The largest absolute Gasteiger partial charge is 0.480 e. The van der Waals surface area contributed by atoms with Crippen LogP contribution in [0.25, 0.3) is 0 Å². The van der Waals surface area contributed by atoms with Crippen LogP contribution in [0.15, 0.2) is 16.7 Å². The van der Waals surface area contributed by atoms with E-state index in [9.17, 15) is 9.90 Å². The predicted octanol–water partition coefficient (Wildman–Crippen LogP) is 1.88.